The monoisotopic (exact) mass is 366 g/mol. The molecule has 3 fully saturated rings. The van der Waals surface area contributed by atoms with Crippen molar-refractivity contribution >= 4 is 11.8 Å². The first kappa shape index (κ1) is 16.5. The van der Waals surface area contributed by atoms with E-state index in [9.17, 15) is 9.59 Å². The summed E-state index contributed by atoms with van der Waals surface area (Å²) in [6.45, 7) is 3.99. The molecular weight excluding hydrogens is 344 g/mol. The Morgan fingerprint density at radius 2 is 2.11 bits per heavy atom. The molecule has 1 aromatic heterocycles. The molecule has 1 N–H and O–H groups in total. The minimum absolute atomic E-state index is 0.0853. The van der Waals surface area contributed by atoms with E-state index in [0.717, 1.165) is 24.2 Å². The van der Waals surface area contributed by atoms with Crippen LogP contribution in [0.15, 0.2) is 30.3 Å². The number of aromatic nitrogens is 2. The van der Waals surface area contributed by atoms with E-state index >= 15 is 0 Å². The summed E-state index contributed by atoms with van der Waals surface area (Å²) >= 11 is 0. The van der Waals surface area contributed by atoms with Crippen molar-refractivity contribution < 1.29 is 14.3 Å². The van der Waals surface area contributed by atoms with Crippen LogP contribution in [0.25, 0.3) is 11.3 Å². The van der Waals surface area contributed by atoms with Gasteiger partial charge in [-0.15, -0.1) is 0 Å². The summed E-state index contributed by atoms with van der Waals surface area (Å²) in [5.74, 6) is -0.0336. The molecule has 3 aliphatic rings. The van der Waals surface area contributed by atoms with Crippen molar-refractivity contribution in [2.75, 3.05) is 19.7 Å². The Bertz CT molecular complexity index is 906. The van der Waals surface area contributed by atoms with Crippen LogP contribution >= 0.6 is 0 Å². The molecule has 1 spiro atoms. The van der Waals surface area contributed by atoms with Crippen molar-refractivity contribution in [3.8, 4) is 11.3 Å². The molecule has 2 amide bonds. The summed E-state index contributed by atoms with van der Waals surface area (Å²) < 4.78 is 6.07. The Morgan fingerprint density at radius 1 is 1.30 bits per heavy atom. The van der Waals surface area contributed by atoms with Crippen LogP contribution in [0.1, 0.15) is 35.3 Å². The zero-order valence-corrected chi connectivity index (χ0v) is 15.3. The van der Waals surface area contributed by atoms with E-state index in [1.165, 1.54) is 5.56 Å². The van der Waals surface area contributed by atoms with Crippen LogP contribution in [0.3, 0.4) is 0 Å². The van der Waals surface area contributed by atoms with Gasteiger partial charge < -0.3 is 14.5 Å². The fourth-order valence-corrected chi connectivity index (χ4v) is 4.65. The normalized spacial score (nSPS) is 27.0. The maximum absolute atomic E-state index is 13.1. The quantitative estimate of drug-likeness (QED) is 0.881. The number of nitrogens with one attached hydrogen (secondary N) is 1. The number of H-pyrrole nitrogens is 1. The second-order valence-corrected chi connectivity index (χ2v) is 7.59. The molecule has 140 valence electrons. The summed E-state index contributed by atoms with van der Waals surface area (Å²) in [5.41, 5.74) is 2.71. The topological polar surface area (TPSA) is 78.5 Å². The van der Waals surface area contributed by atoms with Crippen LogP contribution in [0.5, 0.6) is 0 Å². The van der Waals surface area contributed by atoms with Gasteiger partial charge in [-0.3, -0.25) is 14.7 Å². The Balaban J connectivity index is 1.41. The number of carbonyl (C=O) groups excluding carboxylic acids is 2. The van der Waals surface area contributed by atoms with Gasteiger partial charge in [0.25, 0.3) is 5.91 Å². The lowest BCUT2D eigenvalue weighted by Gasteiger charge is -2.42. The van der Waals surface area contributed by atoms with Crippen molar-refractivity contribution in [2.45, 2.75) is 38.0 Å². The maximum Gasteiger partial charge on any atom is 0.272 e. The maximum atomic E-state index is 13.1. The van der Waals surface area contributed by atoms with E-state index in [1.54, 1.807) is 11.0 Å². The van der Waals surface area contributed by atoms with Gasteiger partial charge in [0.2, 0.25) is 5.91 Å². The van der Waals surface area contributed by atoms with Crippen molar-refractivity contribution in [3.05, 3.63) is 41.6 Å². The van der Waals surface area contributed by atoms with E-state index in [2.05, 4.69) is 10.2 Å². The highest BCUT2D eigenvalue weighted by atomic mass is 16.5. The van der Waals surface area contributed by atoms with Gasteiger partial charge in [-0.25, -0.2) is 0 Å². The number of benzene rings is 1. The lowest BCUT2D eigenvalue weighted by atomic mass is 10.0. The Kier molecular flexibility index (Phi) is 3.62. The summed E-state index contributed by atoms with van der Waals surface area (Å²) in [7, 11) is 0. The number of ether oxygens (including phenoxy) is 1. The van der Waals surface area contributed by atoms with Gasteiger partial charge in [0.1, 0.15) is 5.69 Å². The molecule has 2 aromatic rings. The summed E-state index contributed by atoms with van der Waals surface area (Å²) in [5, 5.41) is 7.18. The third-order valence-electron chi connectivity index (χ3n) is 6.03. The number of rotatable bonds is 2. The Hall–Kier alpha value is -2.67. The average molecular weight is 366 g/mol. The average Bonchev–Trinajstić information content (AvgIpc) is 3.35. The smallest absolute Gasteiger partial charge is 0.272 e. The molecule has 0 aliphatic carbocycles. The fraction of sp³-hybridized carbons (Fsp3) is 0.450. The van der Waals surface area contributed by atoms with E-state index in [1.807, 2.05) is 36.1 Å². The van der Waals surface area contributed by atoms with Crippen molar-refractivity contribution in [1.29, 1.82) is 0 Å². The van der Waals surface area contributed by atoms with E-state index in [0.29, 0.717) is 31.7 Å². The summed E-state index contributed by atoms with van der Waals surface area (Å²) in [6, 6.07) is 9.60. The van der Waals surface area contributed by atoms with Gasteiger partial charge in [0.05, 0.1) is 24.8 Å². The van der Waals surface area contributed by atoms with Crippen molar-refractivity contribution in [2.24, 2.45) is 0 Å². The lowest BCUT2D eigenvalue weighted by molar-refractivity contribution is -0.179. The Morgan fingerprint density at radius 3 is 2.93 bits per heavy atom. The van der Waals surface area contributed by atoms with Gasteiger partial charge in [0, 0.05) is 25.1 Å². The van der Waals surface area contributed by atoms with Gasteiger partial charge in [-0.05, 0) is 19.4 Å². The number of aromatic amines is 1. The molecule has 0 unspecified atom stereocenters. The second kappa shape index (κ2) is 5.92. The zero-order chi connectivity index (χ0) is 18.6. The molecule has 4 heterocycles. The second-order valence-electron chi connectivity index (χ2n) is 7.59. The van der Waals surface area contributed by atoms with Crippen LogP contribution in [-0.2, 0) is 9.53 Å². The number of likely N-dealkylation sites (tertiary alicyclic amines) is 1. The van der Waals surface area contributed by atoms with Crippen LogP contribution in [0.4, 0.5) is 0 Å². The number of amides is 2. The molecule has 27 heavy (non-hydrogen) atoms. The molecule has 1 aromatic carbocycles. The molecular formula is C20H22N4O3. The van der Waals surface area contributed by atoms with Gasteiger partial charge >= 0.3 is 0 Å². The first-order valence-electron chi connectivity index (χ1n) is 9.46. The van der Waals surface area contributed by atoms with Crippen molar-refractivity contribution in [3.63, 3.8) is 0 Å². The first-order valence-corrected chi connectivity index (χ1v) is 9.46. The number of hydrogen-bond acceptors (Lipinski definition) is 4. The largest absolute Gasteiger partial charge is 0.353 e. The molecule has 3 saturated heterocycles. The molecule has 0 bridgehead atoms. The molecule has 2 atom stereocenters. The minimum Gasteiger partial charge on any atom is -0.353 e. The summed E-state index contributed by atoms with van der Waals surface area (Å²) in [4.78, 5) is 29.2. The van der Waals surface area contributed by atoms with Crippen LogP contribution < -0.4 is 0 Å². The van der Waals surface area contributed by atoms with Crippen LogP contribution in [0.2, 0.25) is 0 Å². The van der Waals surface area contributed by atoms with Gasteiger partial charge in [-0.1, -0.05) is 29.8 Å². The first-order chi connectivity index (χ1) is 13.1. The van der Waals surface area contributed by atoms with Crippen LogP contribution in [-0.4, -0.2) is 63.3 Å². The predicted octanol–water partition coefficient (Wildman–Crippen LogP) is 1.95. The molecule has 7 nitrogen and oxygen atoms in total. The minimum atomic E-state index is -0.620. The van der Waals surface area contributed by atoms with Crippen LogP contribution in [0, 0.1) is 6.92 Å². The highest BCUT2D eigenvalue weighted by Gasteiger charge is 2.61. The third-order valence-corrected chi connectivity index (χ3v) is 6.03. The predicted molar refractivity (Wildman–Crippen MR) is 97.8 cm³/mol. The molecule has 5 rings (SSSR count). The molecule has 0 radical (unpaired) electrons. The Labute approximate surface area is 157 Å². The summed E-state index contributed by atoms with van der Waals surface area (Å²) in [6.07, 6.45) is 1.87. The zero-order valence-electron chi connectivity index (χ0n) is 15.3. The lowest BCUT2D eigenvalue weighted by Crippen LogP contribution is -2.56. The van der Waals surface area contributed by atoms with E-state index in [4.69, 9.17) is 4.74 Å². The van der Waals surface area contributed by atoms with Gasteiger partial charge in [0.15, 0.2) is 5.72 Å². The molecule has 0 saturated carbocycles. The highest BCUT2D eigenvalue weighted by molar-refractivity contribution is 5.95. The number of hydrogen-bond donors (Lipinski definition) is 1. The van der Waals surface area contributed by atoms with E-state index < -0.39 is 5.72 Å². The van der Waals surface area contributed by atoms with E-state index in [-0.39, 0.29) is 17.9 Å². The number of carbonyl (C=O) groups is 2. The number of nitrogens with zero attached hydrogens (tertiary/aromatic N) is 3. The number of aryl methyl sites for hydroxylation is 1. The van der Waals surface area contributed by atoms with Gasteiger partial charge in [-0.2, -0.15) is 5.10 Å². The molecule has 3 aliphatic heterocycles. The standard InChI is InChI=1S/C20H22N4O3/c1-13-3-5-14(6-4-13)15-11-16(22-21-15)19(26)23-9-7-20-17(23)12-18(25)24(20)8-2-10-27-20/h3-6,11,17H,2,7-10,12H2,1H3,(H,21,22)/t17-,20+/m1/s1. The van der Waals surface area contributed by atoms with Crippen molar-refractivity contribution in [1.82, 2.24) is 20.0 Å². The highest BCUT2D eigenvalue weighted by Crippen LogP contribution is 2.45. The molecule has 7 heteroatoms. The SMILES string of the molecule is Cc1ccc(-c2cc(C(=O)N3CC[C@@]45OCCCN4C(=O)C[C@@H]35)[nH]n2)cc1. The third kappa shape index (κ3) is 2.41. The fourth-order valence-electron chi connectivity index (χ4n) is 4.65.